The van der Waals surface area contributed by atoms with Gasteiger partial charge in [0.05, 0.1) is 22.3 Å². The number of hydrogen-bond acceptors (Lipinski definition) is 5. The van der Waals surface area contributed by atoms with Gasteiger partial charge in [0.1, 0.15) is 0 Å². The Morgan fingerprint density at radius 3 is 2.43 bits per heavy atom. The van der Waals surface area contributed by atoms with E-state index in [2.05, 4.69) is 25.3 Å². The molecular weight excluding hydrogens is 470 g/mol. The summed E-state index contributed by atoms with van der Waals surface area (Å²) in [6.45, 7) is 1.49. The maximum atomic E-state index is 12.7. The van der Waals surface area contributed by atoms with Crippen LogP contribution in [0.25, 0.3) is 22.2 Å². The topological polar surface area (TPSA) is 153 Å². The van der Waals surface area contributed by atoms with Crippen LogP contribution in [-0.2, 0) is 14.8 Å². The van der Waals surface area contributed by atoms with E-state index in [1.165, 1.54) is 19.1 Å². The lowest BCUT2D eigenvalue weighted by atomic mass is 10.1. The summed E-state index contributed by atoms with van der Waals surface area (Å²) >= 11 is 0. The molecule has 0 aliphatic rings. The van der Waals surface area contributed by atoms with E-state index in [4.69, 9.17) is 5.11 Å². The van der Waals surface area contributed by atoms with Crippen molar-refractivity contribution in [3.63, 3.8) is 0 Å². The Hall–Kier alpha value is -4.22. The molecule has 180 valence electrons. The number of H-pyrrole nitrogens is 1. The SMILES string of the molecule is C[C@@H](CC(=O)O)NS(=O)(=O)c1cccc(-c2cccc(NC(=O)Nc3nc4ccccc4[nH]3)c2)c1. The fraction of sp³-hybridized carbons (Fsp3) is 0.125. The Bertz CT molecular complexity index is 1470. The smallest absolute Gasteiger partial charge is 0.326 e. The van der Waals surface area contributed by atoms with E-state index in [1.54, 1.807) is 36.4 Å². The van der Waals surface area contributed by atoms with Crippen molar-refractivity contribution in [1.82, 2.24) is 14.7 Å². The van der Waals surface area contributed by atoms with E-state index in [0.717, 1.165) is 11.0 Å². The second kappa shape index (κ2) is 9.95. The molecule has 1 aromatic heterocycles. The number of carboxylic acid groups (broad SMARTS) is 1. The average molecular weight is 494 g/mol. The molecule has 35 heavy (non-hydrogen) atoms. The summed E-state index contributed by atoms with van der Waals surface area (Å²) < 4.78 is 27.7. The largest absolute Gasteiger partial charge is 0.481 e. The summed E-state index contributed by atoms with van der Waals surface area (Å²) in [5, 5.41) is 14.3. The number of imidazole rings is 1. The highest BCUT2D eigenvalue weighted by Gasteiger charge is 2.19. The predicted molar refractivity (Wildman–Crippen MR) is 133 cm³/mol. The number of para-hydroxylation sites is 2. The monoisotopic (exact) mass is 493 g/mol. The third-order valence-corrected chi connectivity index (χ3v) is 6.64. The summed E-state index contributed by atoms with van der Waals surface area (Å²) in [5.41, 5.74) is 3.32. The molecule has 0 aliphatic carbocycles. The number of nitrogens with zero attached hydrogens (tertiary/aromatic N) is 1. The van der Waals surface area contributed by atoms with Gasteiger partial charge in [0.2, 0.25) is 16.0 Å². The zero-order chi connectivity index (χ0) is 25.0. The van der Waals surface area contributed by atoms with Crippen LogP contribution in [0.2, 0.25) is 0 Å². The number of carbonyl (C=O) groups is 2. The molecule has 0 saturated carbocycles. The molecule has 4 rings (SSSR count). The first-order valence-electron chi connectivity index (χ1n) is 10.7. The van der Waals surface area contributed by atoms with E-state index in [0.29, 0.717) is 22.8 Å². The van der Waals surface area contributed by atoms with Gasteiger partial charge in [-0.15, -0.1) is 0 Å². The van der Waals surface area contributed by atoms with Crippen molar-refractivity contribution in [1.29, 1.82) is 0 Å². The van der Waals surface area contributed by atoms with Crippen LogP contribution in [0, 0.1) is 0 Å². The number of aliphatic carboxylic acids is 1. The minimum absolute atomic E-state index is 0.00762. The number of anilines is 2. The number of aromatic amines is 1. The lowest BCUT2D eigenvalue weighted by Gasteiger charge is -2.13. The van der Waals surface area contributed by atoms with Gasteiger partial charge in [-0.2, -0.15) is 0 Å². The fourth-order valence-corrected chi connectivity index (χ4v) is 4.83. The van der Waals surface area contributed by atoms with Gasteiger partial charge in [0.15, 0.2) is 0 Å². The van der Waals surface area contributed by atoms with Crippen molar-refractivity contribution in [2.45, 2.75) is 24.3 Å². The van der Waals surface area contributed by atoms with Crippen LogP contribution in [0.15, 0.2) is 77.7 Å². The average Bonchev–Trinajstić information content (AvgIpc) is 3.20. The molecule has 0 fully saturated rings. The van der Waals surface area contributed by atoms with Crippen LogP contribution in [0.4, 0.5) is 16.4 Å². The number of benzene rings is 3. The standard InChI is InChI=1S/C24H23N5O5S/c1-15(12-22(30)31)29-35(33,34)19-9-5-7-17(14-19)16-6-4-8-18(13-16)25-24(32)28-23-26-20-10-2-3-11-21(20)27-23/h2-11,13-15,29H,12H2,1H3,(H,30,31)(H3,25,26,27,28,32)/t15-/m0/s1. The number of carbonyl (C=O) groups excluding carboxylic acids is 1. The Morgan fingerprint density at radius 2 is 1.69 bits per heavy atom. The molecule has 10 nitrogen and oxygen atoms in total. The summed E-state index contributed by atoms with van der Waals surface area (Å²) in [4.78, 5) is 30.6. The number of amides is 2. The zero-order valence-electron chi connectivity index (χ0n) is 18.6. The number of fused-ring (bicyclic) bond motifs is 1. The molecule has 2 amide bonds. The first-order valence-corrected chi connectivity index (χ1v) is 12.2. The van der Waals surface area contributed by atoms with E-state index < -0.39 is 28.1 Å². The van der Waals surface area contributed by atoms with Crippen LogP contribution in [0.5, 0.6) is 0 Å². The molecule has 0 aliphatic heterocycles. The van der Waals surface area contributed by atoms with Crippen LogP contribution in [0.1, 0.15) is 13.3 Å². The van der Waals surface area contributed by atoms with Gasteiger partial charge < -0.3 is 15.4 Å². The van der Waals surface area contributed by atoms with Crippen LogP contribution in [0.3, 0.4) is 0 Å². The van der Waals surface area contributed by atoms with Crippen molar-refractivity contribution in [3.8, 4) is 11.1 Å². The van der Waals surface area contributed by atoms with Crippen molar-refractivity contribution in [3.05, 3.63) is 72.8 Å². The molecule has 3 aromatic carbocycles. The number of carboxylic acids is 1. The number of urea groups is 1. The summed E-state index contributed by atoms with van der Waals surface area (Å²) in [7, 11) is -3.91. The maximum Gasteiger partial charge on any atom is 0.326 e. The number of hydrogen-bond donors (Lipinski definition) is 5. The Morgan fingerprint density at radius 1 is 0.971 bits per heavy atom. The van der Waals surface area contributed by atoms with E-state index in [-0.39, 0.29) is 11.3 Å². The van der Waals surface area contributed by atoms with Crippen LogP contribution in [-0.4, -0.2) is 41.5 Å². The number of sulfonamides is 1. The minimum atomic E-state index is -3.91. The van der Waals surface area contributed by atoms with Gasteiger partial charge in [0, 0.05) is 11.7 Å². The summed E-state index contributed by atoms with van der Waals surface area (Å²) in [5.74, 6) is -0.787. The molecule has 0 unspecified atom stereocenters. The van der Waals surface area contributed by atoms with Gasteiger partial charge in [0.25, 0.3) is 0 Å². The van der Waals surface area contributed by atoms with Gasteiger partial charge in [-0.3, -0.25) is 10.1 Å². The summed E-state index contributed by atoms with van der Waals surface area (Å²) in [6.07, 6.45) is -0.331. The van der Waals surface area contributed by atoms with Crippen molar-refractivity contribution >= 4 is 44.7 Å². The van der Waals surface area contributed by atoms with E-state index >= 15 is 0 Å². The molecule has 1 heterocycles. The first-order chi connectivity index (χ1) is 16.7. The van der Waals surface area contributed by atoms with Crippen LogP contribution >= 0.6 is 0 Å². The molecule has 0 saturated heterocycles. The van der Waals surface area contributed by atoms with Crippen molar-refractivity contribution < 1.29 is 23.1 Å². The zero-order valence-corrected chi connectivity index (χ0v) is 19.5. The molecule has 4 aromatic rings. The summed E-state index contributed by atoms with van der Waals surface area (Å²) in [6, 6.07) is 19.3. The third kappa shape index (κ3) is 6.02. The Kier molecular flexibility index (Phi) is 6.80. The van der Waals surface area contributed by atoms with Gasteiger partial charge >= 0.3 is 12.0 Å². The number of nitrogens with one attached hydrogen (secondary N) is 4. The molecule has 0 radical (unpaired) electrons. The molecule has 0 spiro atoms. The Balaban J connectivity index is 1.48. The molecule has 11 heteroatoms. The lowest BCUT2D eigenvalue weighted by molar-refractivity contribution is -0.137. The molecule has 5 N–H and O–H groups in total. The molecule has 0 bridgehead atoms. The van der Waals surface area contributed by atoms with E-state index in [1.807, 2.05) is 24.3 Å². The normalized spacial score (nSPS) is 12.3. The predicted octanol–water partition coefficient (Wildman–Crippen LogP) is 4.02. The second-order valence-electron chi connectivity index (χ2n) is 7.91. The highest BCUT2D eigenvalue weighted by molar-refractivity contribution is 7.89. The fourth-order valence-electron chi connectivity index (χ4n) is 3.54. The van der Waals surface area contributed by atoms with Crippen molar-refractivity contribution in [2.75, 3.05) is 10.6 Å². The number of aromatic nitrogens is 2. The lowest BCUT2D eigenvalue weighted by Crippen LogP contribution is -2.34. The first kappa shape index (κ1) is 23.9. The minimum Gasteiger partial charge on any atom is -0.481 e. The van der Waals surface area contributed by atoms with Gasteiger partial charge in [-0.1, -0.05) is 36.4 Å². The molecular formula is C24H23N5O5S. The Labute approximate surface area is 201 Å². The van der Waals surface area contributed by atoms with Gasteiger partial charge in [-0.25, -0.2) is 22.9 Å². The third-order valence-electron chi connectivity index (χ3n) is 5.06. The van der Waals surface area contributed by atoms with Crippen LogP contribution < -0.4 is 15.4 Å². The highest BCUT2D eigenvalue weighted by Crippen LogP contribution is 2.25. The second-order valence-corrected chi connectivity index (χ2v) is 9.62. The van der Waals surface area contributed by atoms with Gasteiger partial charge in [-0.05, 0) is 54.4 Å². The number of rotatable bonds is 8. The highest BCUT2D eigenvalue weighted by atomic mass is 32.2. The quantitative estimate of drug-likeness (QED) is 0.250. The maximum absolute atomic E-state index is 12.7. The molecule has 1 atom stereocenters. The van der Waals surface area contributed by atoms with E-state index in [9.17, 15) is 18.0 Å². The van der Waals surface area contributed by atoms with Crippen molar-refractivity contribution in [2.24, 2.45) is 0 Å².